The molecule has 1 aliphatic heterocycles. The molecule has 3 aromatic rings. The third kappa shape index (κ3) is 4.94. The van der Waals surface area contributed by atoms with Gasteiger partial charge in [-0.3, -0.25) is 14.4 Å². The van der Waals surface area contributed by atoms with Gasteiger partial charge in [0.2, 0.25) is 5.95 Å². The van der Waals surface area contributed by atoms with Gasteiger partial charge < -0.3 is 10.1 Å². The van der Waals surface area contributed by atoms with Crippen molar-refractivity contribution in [2.75, 3.05) is 44.7 Å². The lowest BCUT2D eigenvalue weighted by atomic mass is 9.95. The Kier molecular flexibility index (Phi) is 6.81. The van der Waals surface area contributed by atoms with E-state index < -0.39 is 5.92 Å². The van der Waals surface area contributed by atoms with E-state index in [1.807, 2.05) is 29.1 Å². The van der Waals surface area contributed by atoms with Crippen LogP contribution in [0.4, 0.5) is 5.95 Å². The monoisotopic (exact) mass is 482 g/mol. The molecular weight excluding hydrogens is 452 g/mol. The lowest BCUT2D eigenvalue weighted by molar-refractivity contribution is -0.118. The molecule has 2 aromatic heterocycles. The highest BCUT2D eigenvalue weighted by Crippen LogP contribution is 2.39. The average Bonchev–Trinajstić information content (AvgIpc) is 3.35. The van der Waals surface area contributed by atoms with Gasteiger partial charge in [0, 0.05) is 43.8 Å². The van der Waals surface area contributed by atoms with Crippen molar-refractivity contribution in [2.24, 2.45) is 5.92 Å². The number of rotatable bonds is 8. The lowest BCUT2D eigenvalue weighted by Crippen LogP contribution is -2.37. The van der Waals surface area contributed by atoms with Crippen molar-refractivity contribution in [2.45, 2.75) is 39.2 Å². The summed E-state index contributed by atoms with van der Waals surface area (Å²) in [4.78, 5) is 25.1. The van der Waals surface area contributed by atoms with E-state index in [0.717, 1.165) is 68.9 Å². The molecule has 1 aliphatic carbocycles. The van der Waals surface area contributed by atoms with Crippen LogP contribution in [-0.4, -0.2) is 69.8 Å². The minimum Gasteiger partial charge on any atom is -0.379 e. The molecule has 1 aromatic carbocycles. The number of fused-ring (bicyclic) bond motifs is 2. The second-order valence-corrected chi connectivity index (χ2v) is 10.0. The van der Waals surface area contributed by atoms with Crippen LogP contribution >= 0.6 is 11.6 Å². The number of hydrogen-bond acceptors (Lipinski definition) is 7. The highest BCUT2D eigenvalue weighted by Gasteiger charge is 2.35. The molecule has 3 heterocycles. The highest BCUT2D eigenvalue weighted by molar-refractivity contribution is 6.30. The van der Waals surface area contributed by atoms with E-state index in [4.69, 9.17) is 31.4 Å². The Hall–Kier alpha value is -2.55. The van der Waals surface area contributed by atoms with E-state index in [0.29, 0.717) is 34.7 Å². The van der Waals surface area contributed by atoms with Crippen molar-refractivity contribution in [1.82, 2.24) is 24.6 Å². The first-order valence-electron chi connectivity index (χ1n) is 12.1. The van der Waals surface area contributed by atoms with E-state index in [9.17, 15) is 4.79 Å². The maximum Gasteiger partial charge on any atom is 0.225 e. The van der Waals surface area contributed by atoms with Crippen molar-refractivity contribution < 1.29 is 9.53 Å². The smallest absolute Gasteiger partial charge is 0.225 e. The first-order chi connectivity index (χ1) is 16.5. The number of Topliss-reactive ketones (excluding diaryl/α,β-unsaturated/α-hetero) is 1. The lowest BCUT2D eigenvalue weighted by Gasteiger charge is -2.26. The number of carbonyl (C=O) groups is 1. The summed E-state index contributed by atoms with van der Waals surface area (Å²) in [6.45, 7) is 10.4. The van der Waals surface area contributed by atoms with Gasteiger partial charge in [-0.15, -0.1) is 0 Å². The third-order valence-corrected chi connectivity index (χ3v) is 6.66. The second kappa shape index (κ2) is 9.98. The topological polar surface area (TPSA) is 85.2 Å². The van der Waals surface area contributed by atoms with Crippen LogP contribution < -0.4 is 5.32 Å². The molecule has 0 amide bonds. The molecule has 0 saturated carbocycles. The van der Waals surface area contributed by atoms with Crippen LogP contribution in [0.15, 0.2) is 24.4 Å². The quantitative estimate of drug-likeness (QED) is 0.491. The predicted molar refractivity (Wildman–Crippen MR) is 133 cm³/mol. The number of morpholine rings is 1. The summed E-state index contributed by atoms with van der Waals surface area (Å²) in [6.07, 6.45) is 3.34. The number of benzene rings is 1. The average molecular weight is 483 g/mol. The number of nitrogens with one attached hydrogen (secondary N) is 1. The van der Waals surface area contributed by atoms with Crippen LogP contribution in [0.1, 0.15) is 43.0 Å². The molecule has 1 fully saturated rings. The maximum absolute atomic E-state index is 13.2. The summed E-state index contributed by atoms with van der Waals surface area (Å²) in [5.41, 5.74) is 3.28. The Morgan fingerprint density at radius 3 is 2.85 bits per heavy atom. The first-order valence-corrected chi connectivity index (χ1v) is 12.5. The maximum atomic E-state index is 13.2. The molecule has 0 spiro atoms. The normalized spacial score (nSPS) is 18.7. The molecule has 8 nitrogen and oxygen atoms in total. The summed E-state index contributed by atoms with van der Waals surface area (Å²) in [6, 6.07) is 5.68. The van der Waals surface area contributed by atoms with Crippen LogP contribution in [0, 0.1) is 5.92 Å². The van der Waals surface area contributed by atoms with Crippen LogP contribution in [0.3, 0.4) is 0 Å². The first kappa shape index (κ1) is 23.2. The Balaban J connectivity index is 1.44. The summed E-state index contributed by atoms with van der Waals surface area (Å²) in [5, 5.41) is 9.54. The van der Waals surface area contributed by atoms with Gasteiger partial charge in [-0.05, 0) is 42.1 Å². The van der Waals surface area contributed by atoms with Gasteiger partial charge >= 0.3 is 0 Å². The summed E-state index contributed by atoms with van der Waals surface area (Å²) >= 11 is 6.30. The van der Waals surface area contributed by atoms with Crippen LogP contribution in [0.5, 0.6) is 0 Å². The van der Waals surface area contributed by atoms with Crippen molar-refractivity contribution >= 4 is 34.4 Å². The molecule has 0 bridgehead atoms. The van der Waals surface area contributed by atoms with Crippen LogP contribution in [-0.2, 0) is 22.5 Å². The molecule has 180 valence electrons. The number of carbonyl (C=O) groups excluding carboxylic acids is 1. The number of hydrogen-bond donors (Lipinski definition) is 1. The molecule has 34 heavy (non-hydrogen) atoms. The number of ether oxygens (including phenoxy) is 1. The Bertz CT molecular complexity index is 1190. The zero-order chi connectivity index (χ0) is 23.7. The SMILES string of the molecule is CC(C)Cn1cc2c(C3C(=O)Cc4ccc(Cl)cc43)nc(NCCCN3CCOCC3)nc2n1. The third-order valence-electron chi connectivity index (χ3n) is 6.43. The van der Waals surface area contributed by atoms with Gasteiger partial charge in [0.05, 0.1) is 30.2 Å². The highest BCUT2D eigenvalue weighted by atomic mass is 35.5. The molecule has 9 heteroatoms. The fourth-order valence-electron chi connectivity index (χ4n) is 4.83. The van der Waals surface area contributed by atoms with Gasteiger partial charge in [-0.1, -0.05) is 31.5 Å². The van der Waals surface area contributed by atoms with Crippen LogP contribution in [0.2, 0.25) is 5.02 Å². The van der Waals surface area contributed by atoms with Gasteiger partial charge in [0.15, 0.2) is 11.4 Å². The van der Waals surface area contributed by atoms with E-state index in [1.54, 1.807) is 0 Å². The largest absolute Gasteiger partial charge is 0.379 e. The number of halogens is 1. The molecule has 1 N–H and O–H groups in total. The van der Waals surface area contributed by atoms with Crippen LogP contribution in [0.25, 0.3) is 11.0 Å². The molecule has 1 unspecified atom stereocenters. The predicted octanol–water partition coefficient (Wildman–Crippen LogP) is 3.53. The van der Waals surface area contributed by atoms with E-state index in [2.05, 4.69) is 24.1 Å². The van der Waals surface area contributed by atoms with E-state index >= 15 is 0 Å². The summed E-state index contributed by atoms with van der Waals surface area (Å²) < 4.78 is 7.33. The number of aromatic nitrogens is 4. The van der Waals surface area contributed by atoms with E-state index in [-0.39, 0.29) is 5.78 Å². The fraction of sp³-hybridized carbons (Fsp3) is 0.520. The fourth-order valence-corrected chi connectivity index (χ4v) is 5.01. The van der Waals surface area contributed by atoms with E-state index in [1.165, 1.54) is 0 Å². The van der Waals surface area contributed by atoms with Crippen molar-refractivity contribution in [3.63, 3.8) is 0 Å². The number of ketones is 1. The van der Waals surface area contributed by atoms with Crippen molar-refractivity contribution in [1.29, 1.82) is 0 Å². The standard InChI is InChI=1S/C25H31ClN6O2/c1-16(2)14-32-15-20-23(22-19-13-18(26)5-4-17(19)12-21(22)33)28-25(29-24(20)30-32)27-6-3-7-31-8-10-34-11-9-31/h4-5,13,15-16,22H,3,6-12,14H2,1-2H3,(H,27,29,30). The molecule has 1 saturated heterocycles. The Morgan fingerprint density at radius 1 is 1.24 bits per heavy atom. The molecular formula is C25H31ClN6O2. The summed E-state index contributed by atoms with van der Waals surface area (Å²) in [5.74, 6) is 0.635. The second-order valence-electron chi connectivity index (χ2n) is 9.57. The zero-order valence-corrected chi connectivity index (χ0v) is 20.5. The Labute approximate surface area is 204 Å². The number of nitrogens with zero attached hydrogens (tertiary/aromatic N) is 5. The molecule has 0 radical (unpaired) electrons. The van der Waals surface area contributed by atoms with Crippen molar-refractivity contribution in [3.05, 3.63) is 46.2 Å². The van der Waals surface area contributed by atoms with Gasteiger partial charge in [0.1, 0.15) is 0 Å². The molecule has 1 atom stereocenters. The van der Waals surface area contributed by atoms with Gasteiger partial charge in [0.25, 0.3) is 0 Å². The van der Waals surface area contributed by atoms with Gasteiger partial charge in [-0.2, -0.15) is 10.1 Å². The zero-order valence-electron chi connectivity index (χ0n) is 19.8. The number of anilines is 1. The minimum atomic E-state index is -0.454. The Morgan fingerprint density at radius 2 is 2.06 bits per heavy atom. The van der Waals surface area contributed by atoms with Crippen molar-refractivity contribution in [3.8, 4) is 0 Å². The molecule has 2 aliphatic rings. The minimum absolute atomic E-state index is 0.132. The molecule has 5 rings (SSSR count). The summed E-state index contributed by atoms with van der Waals surface area (Å²) in [7, 11) is 0. The van der Waals surface area contributed by atoms with Gasteiger partial charge in [-0.25, -0.2) is 4.98 Å².